The molecule has 1 saturated carbocycles. The monoisotopic (exact) mass is 212 g/mol. The fraction of sp³-hybridized carbons (Fsp3) is 0.909. The summed E-state index contributed by atoms with van der Waals surface area (Å²) >= 11 is 0. The fourth-order valence-corrected chi connectivity index (χ4v) is 2.07. The van der Waals surface area contributed by atoms with Gasteiger partial charge in [-0.05, 0) is 18.8 Å². The predicted molar refractivity (Wildman–Crippen MR) is 64.5 cm³/mol. The fourth-order valence-electron chi connectivity index (χ4n) is 2.07. The number of nitrogens with zero attached hydrogens (tertiary/aromatic N) is 1. The van der Waals surface area contributed by atoms with E-state index in [0.29, 0.717) is 0 Å². The van der Waals surface area contributed by atoms with Crippen LogP contribution in [0.2, 0.25) is 0 Å². The lowest BCUT2D eigenvalue weighted by atomic mass is 10.0. The van der Waals surface area contributed by atoms with E-state index >= 15 is 0 Å². The quantitative estimate of drug-likeness (QED) is 0.279. The Morgan fingerprint density at radius 1 is 1.40 bits per heavy atom. The third kappa shape index (κ3) is 5.02. The minimum atomic E-state index is 0.731. The first-order chi connectivity index (χ1) is 7.36. The van der Waals surface area contributed by atoms with Crippen molar-refractivity contribution in [2.75, 3.05) is 13.1 Å². The minimum absolute atomic E-state index is 0.731. The van der Waals surface area contributed by atoms with Gasteiger partial charge >= 0.3 is 0 Å². The van der Waals surface area contributed by atoms with Gasteiger partial charge in [0.25, 0.3) is 0 Å². The van der Waals surface area contributed by atoms with Crippen LogP contribution in [-0.2, 0) is 0 Å². The van der Waals surface area contributed by atoms with Crippen molar-refractivity contribution in [3.8, 4) is 0 Å². The first kappa shape index (κ1) is 12.3. The number of guanidine groups is 1. The number of aliphatic imine (C=N–C) groups is 1. The van der Waals surface area contributed by atoms with Crippen molar-refractivity contribution in [3.05, 3.63) is 0 Å². The topological polar surface area (TPSA) is 62.4 Å². The van der Waals surface area contributed by atoms with Gasteiger partial charge in [-0.15, -0.1) is 0 Å². The first-order valence-corrected chi connectivity index (χ1v) is 6.11. The Hall–Kier alpha value is -0.770. The molecule has 1 aliphatic carbocycles. The second kappa shape index (κ2) is 7.51. The van der Waals surface area contributed by atoms with Gasteiger partial charge in [0, 0.05) is 13.1 Å². The molecular weight excluding hydrogens is 188 g/mol. The molecule has 1 aliphatic rings. The van der Waals surface area contributed by atoms with E-state index in [2.05, 4.69) is 22.7 Å². The molecule has 0 aromatic carbocycles. The zero-order valence-electron chi connectivity index (χ0n) is 9.76. The van der Waals surface area contributed by atoms with Crippen LogP contribution in [0.15, 0.2) is 4.99 Å². The summed E-state index contributed by atoms with van der Waals surface area (Å²) in [5.74, 6) is 7.01. The van der Waals surface area contributed by atoms with Crippen LogP contribution in [-0.4, -0.2) is 19.0 Å². The van der Waals surface area contributed by atoms with Gasteiger partial charge in [-0.25, -0.2) is 5.84 Å². The molecule has 0 radical (unpaired) electrons. The lowest BCUT2D eigenvalue weighted by molar-refractivity contribution is 0.498. The second-order valence-corrected chi connectivity index (χ2v) is 4.24. The smallest absolute Gasteiger partial charge is 0.205 e. The lowest BCUT2D eigenvalue weighted by Crippen LogP contribution is -2.42. The van der Waals surface area contributed by atoms with Crippen LogP contribution in [0.3, 0.4) is 0 Å². The number of hydrogen-bond acceptors (Lipinski definition) is 2. The molecule has 88 valence electrons. The van der Waals surface area contributed by atoms with E-state index in [1.54, 1.807) is 0 Å². The third-order valence-electron chi connectivity index (χ3n) is 2.95. The summed E-state index contributed by atoms with van der Waals surface area (Å²) in [6, 6.07) is 0. The van der Waals surface area contributed by atoms with Gasteiger partial charge in [-0.2, -0.15) is 0 Å². The normalized spacial score (nSPS) is 18.1. The first-order valence-electron chi connectivity index (χ1n) is 6.11. The number of nitrogens with one attached hydrogen (secondary N) is 2. The van der Waals surface area contributed by atoms with Gasteiger partial charge in [-0.3, -0.25) is 10.4 Å². The average Bonchev–Trinajstić information content (AvgIpc) is 2.76. The Kier molecular flexibility index (Phi) is 6.16. The van der Waals surface area contributed by atoms with Crippen LogP contribution in [0.4, 0.5) is 0 Å². The number of nitrogens with two attached hydrogens (primary N) is 1. The molecule has 15 heavy (non-hydrogen) atoms. The maximum atomic E-state index is 5.36. The van der Waals surface area contributed by atoms with Crippen LogP contribution in [0.1, 0.15) is 45.4 Å². The molecule has 4 nitrogen and oxygen atoms in total. The summed E-state index contributed by atoms with van der Waals surface area (Å²) < 4.78 is 0. The molecule has 0 aromatic rings. The van der Waals surface area contributed by atoms with Crippen LogP contribution in [0, 0.1) is 5.92 Å². The average molecular weight is 212 g/mol. The van der Waals surface area contributed by atoms with E-state index < -0.39 is 0 Å². The highest BCUT2D eigenvalue weighted by Crippen LogP contribution is 2.26. The SMILES string of the molecule is CCCN=C(NN)NCCC1CCCC1. The van der Waals surface area contributed by atoms with E-state index in [9.17, 15) is 0 Å². The largest absolute Gasteiger partial charge is 0.355 e. The standard InChI is InChI=1S/C11H24N4/c1-2-8-13-11(15-12)14-9-7-10-5-3-4-6-10/h10H,2-9,12H2,1H3,(H2,13,14,15). The molecule has 1 fully saturated rings. The summed E-state index contributed by atoms with van der Waals surface area (Å²) in [5, 5.41) is 3.24. The molecule has 0 bridgehead atoms. The Labute approximate surface area is 92.7 Å². The Bertz CT molecular complexity index is 185. The molecule has 0 aliphatic heterocycles. The minimum Gasteiger partial charge on any atom is -0.355 e. The van der Waals surface area contributed by atoms with Crippen molar-refractivity contribution in [2.45, 2.75) is 45.4 Å². The number of hydrazine groups is 1. The molecule has 4 heteroatoms. The van der Waals surface area contributed by atoms with Gasteiger partial charge in [0.15, 0.2) is 0 Å². The Morgan fingerprint density at radius 2 is 2.13 bits per heavy atom. The third-order valence-corrected chi connectivity index (χ3v) is 2.95. The van der Waals surface area contributed by atoms with E-state index in [-0.39, 0.29) is 0 Å². The zero-order valence-corrected chi connectivity index (χ0v) is 9.76. The molecule has 0 spiro atoms. The van der Waals surface area contributed by atoms with Crippen molar-refractivity contribution in [1.29, 1.82) is 0 Å². The van der Waals surface area contributed by atoms with Crippen molar-refractivity contribution in [2.24, 2.45) is 16.8 Å². The molecule has 0 atom stereocenters. The van der Waals surface area contributed by atoms with Gasteiger partial charge < -0.3 is 5.32 Å². The molecule has 4 N–H and O–H groups in total. The molecule has 1 rings (SSSR count). The Morgan fingerprint density at radius 3 is 2.73 bits per heavy atom. The molecule has 0 heterocycles. The van der Waals surface area contributed by atoms with Crippen molar-refractivity contribution < 1.29 is 0 Å². The van der Waals surface area contributed by atoms with E-state index in [1.165, 1.54) is 32.1 Å². The molecular formula is C11H24N4. The highest BCUT2D eigenvalue weighted by Gasteiger charge is 2.14. The molecule has 0 aromatic heterocycles. The maximum Gasteiger partial charge on any atom is 0.205 e. The highest BCUT2D eigenvalue weighted by atomic mass is 15.3. The van der Waals surface area contributed by atoms with Gasteiger partial charge in [-0.1, -0.05) is 32.6 Å². The second-order valence-electron chi connectivity index (χ2n) is 4.24. The van der Waals surface area contributed by atoms with Crippen LogP contribution in [0.5, 0.6) is 0 Å². The van der Waals surface area contributed by atoms with Crippen molar-refractivity contribution in [1.82, 2.24) is 10.7 Å². The van der Waals surface area contributed by atoms with Gasteiger partial charge in [0.2, 0.25) is 5.96 Å². The summed E-state index contributed by atoms with van der Waals surface area (Å²) in [5.41, 5.74) is 2.60. The van der Waals surface area contributed by atoms with Gasteiger partial charge in [0.1, 0.15) is 0 Å². The van der Waals surface area contributed by atoms with E-state index in [1.807, 2.05) is 0 Å². The van der Waals surface area contributed by atoms with Crippen molar-refractivity contribution in [3.63, 3.8) is 0 Å². The highest BCUT2D eigenvalue weighted by molar-refractivity contribution is 5.79. The summed E-state index contributed by atoms with van der Waals surface area (Å²) in [4.78, 5) is 4.29. The van der Waals surface area contributed by atoms with E-state index in [4.69, 9.17) is 5.84 Å². The maximum absolute atomic E-state index is 5.36. The van der Waals surface area contributed by atoms with Crippen molar-refractivity contribution >= 4 is 5.96 Å². The summed E-state index contributed by atoms with van der Waals surface area (Å²) in [6.07, 6.45) is 7.92. The number of rotatable bonds is 5. The Balaban J connectivity index is 2.10. The molecule has 0 saturated heterocycles. The summed E-state index contributed by atoms with van der Waals surface area (Å²) in [6.45, 7) is 3.92. The summed E-state index contributed by atoms with van der Waals surface area (Å²) in [7, 11) is 0. The van der Waals surface area contributed by atoms with Crippen LogP contribution in [0.25, 0.3) is 0 Å². The van der Waals surface area contributed by atoms with Crippen LogP contribution < -0.4 is 16.6 Å². The van der Waals surface area contributed by atoms with E-state index in [0.717, 1.165) is 31.4 Å². The van der Waals surface area contributed by atoms with Crippen LogP contribution >= 0.6 is 0 Å². The zero-order chi connectivity index (χ0) is 10.9. The van der Waals surface area contributed by atoms with Gasteiger partial charge in [0.05, 0.1) is 0 Å². The predicted octanol–water partition coefficient (Wildman–Crippen LogP) is 1.39. The number of hydrogen-bond donors (Lipinski definition) is 3. The lowest BCUT2D eigenvalue weighted by Gasteiger charge is -2.12. The molecule has 0 unspecified atom stereocenters. The molecule has 0 amide bonds.